The van der Waals surface area contributed by atoms with Gasteiger partial charge in [0.2, 0.25) is 0 Å². The van der Waals surface area contributed by atoms with Crippen LogP contribution >= 0.6 is 0 Å². The van der Waals surface area contributed by atoms with E-state index in [1.807, 2.05) is 13.0 Å². The number of hydrogen-bond acceptors (Lipinski definition) is 3. The second-order valence-electron chi connectivity index (χ2n) is 2.10. The van der Waals surface area contributed by atoms with E-state index in [1.165, 1.54) is 0 Å². The molecule has 0 bridgehead atoms. The molecule has 0 unspecified atom stereocenters. The van der Waals surface area contributed by atoms with Gasteiger partial charge >= 0.3 is 7.69 Å². The highest BCUT2D eigenvalue weighted by Crippen LogP contribution is 2.25. The first-order valence-corrected chi connectivity index (χ1v) is 3.73. The predicted octanol–water partition coefficient (Wildman–Crippen LogP) is 0.991. The van der Waals surface area contributed by atoms with Crippen LogP contribution in [0.25, 0.3) is 0 Å². The van der Waals surface area contributed by atoms with Crippen molar-refractivity contribution in [1.29, 1.82) is 0 Å². The molecule has 0 spiro atoms. The van der Waals surface area contributed by atoms with Crippen molar-refractivity contribution in [3.63, 3.8) is 0 Å². The molecule has 0 aromatic heterocycles. The van der Waals surface area contributed by atoms with Gasteiger partial charge < -0.3 is 14.4 Å². The van der Waals surface area contributed by atoms with Gasteiger partial charge in [0.15, 0.2) is 5.75 Å². The quantitative estimate of drug-likeness (QED) is 0.676. The molecule has 0 saturated carbocycles. The highest BCUT2D eigenvalue weighted by molar-refractivity contribution is 6.17. The van der Waals surface area contributed by atoms with Gasteiger partial charge in [-0.15, -0.1) is 0 Å². The molecule has 0 atom stereocenters. The van der Waals surface area contributed by atoms with E-state index in [-0.39, 0.29) is 0 Å². The summed E-state index contributed by atoms with van der Waals surface area (Å²) < 4.78 is 10.0. The highest BCUT2D eigenvalue weighted by Gasteiger charge is 2.02. The van der Waals surface area contributed by atoms with Crippen LogP contribution in [0.5, 0.6) is 11.5 Å². The first-order chi connectivity index (χ1) is 5.88. The van der Waals surface area contributed by atoms with Crippen molar-refractivity contribution in [1.82, 2.24) is 0 Å². The fourth-order valence-corrected chi connectivity index (χ4v) is 0.879. The topological polar surface area (TPSA) is 38.7 Å². The van der Waals surface area contributed by atoms with Crippen molar-refractivity contribution in [3.8, 4) is 11.5 Å². The fraction of sp³-hybridized carbons (Fsp3) is 0.250. The molecule has 12 heavy (non-hydrogen) atoms. The molecule has 63 valence electrons. The minimum atomic E-state index is 0.516. The van der Waals surface area contributed by atoms with Crippen LogP contribution in [0.2, 0.25) is 0 Å². The van der Waals surface area contributed by atoms with E-state index in [4.69, 9.17) is 14.4 Å². The standard InChI is InChI=1S/C8H10BO3/c1-2-11-7-5-3-4-6-8(7)12-9-10/h3-6,10H,2H2,1H3. The summed E-state index contributed by atoms with van der Waals surface area (Å²) in [5.74, 6) is 1.15. The van der Waals surface area contributed by atoms with Gasteiger partial charge in [0, 0.05) is 0 Å². The maximum Gasteiger partial charge on any atom is 0.569 e. The lowest BCUT2D eigenvalue weighted by Gasteiger charge is -2.08. The Hall–Kier alpha value is -1.16. The Bertz CT molecular complexity index is 214. The normalized spacial score (nSPS) is 9.17. The average molecular weight is 165 g/mol. The van der Waals surface area contributed by atoms with Gasteiger partial charge in [0.1, 0.15) is 5.75 Å². The summed E-state index contributed by atoms with van der Waals surface area (Å²) in [7, 11) is 0.637. The zero-order valence-corrected chi connectivity index (χ0v) is 6.86. The van der Waals surface area contributed by atoms with Gasteiger partial charge in [-0.1, -0.05) is 12.1 Å². The molecule has 0 fully saturated rings. The van der Waals surface area contributed by atoms with Crippen LogP contribution in [0, 0.1) is 0 Å². The molecular formula is C8H10BO3. The Morgan fingerprint density at radius 1 is 1.33 bits per heavy atom. The first kappa shape index (κ1) is 8.94. The zero-order chi connectivity index (χ0) is 8.81. The summed E-state index contributed by atoms with van der Waals surface area (Å²) in [6.07, 6.45) is 0. The molecule has 0 saturated heterocycles. The second-order valence-corrected chi connectivity index (χ2v) is 2.10. The third-order valence-corrected chi connectivity index (χ3v) is 1.33. The van der Waals surface area contributed by atoms with E-state index in [0.717, 1.165) is 0 Å². The third-order valence-electron chi connectivity index (χ3n) is 1.33. The minimum absolute atomic E-state index is 0.516. The number of para-hydroxylation sites is 2. The largest absolute Gasteiger partial charge is 0.569 e. The summed E-state index contributed by atoms with van der Waals surface area (Å²) in [5, 5.41) is 8.41. The number of benzene rings is 1. The number of hydrogen-bond donors (Lipinski definition) is 1. The summed E-state index contributed by atoms with van der Waals surface area (Å²) in [4.78, 5) is 0. The number of ether oxygens (including phenoxy) is 1. The van der Waals surface area contributed by atoms with Gasteiger partial charge in [-0.3, -0.25) is 0 Å². The van der Waals surface area contributed by atoms with Gasteiger partial charge in [0.25, 0.3) is 0 Å². The molecule has 1 aromatic rings. The third kappa shape index (κ3) is 2.17. The Kier molecular flexibility index (Phi) is 3.48. The maximum atomic E-state index is 8.41. The second kappa shape index (κ2) is 4.67. The molecule has 0 aliphatic rings. The Labute approximate surface area is 72.2 Å². The van der Waals surface area contributed by atoms with Crippen LogP contribution in [0.1, 0.15) is 6.92 Å². The molecule has 0 heterocycles. The smallest absolute Gasteiger partial charge is 0.535 e. The molecular weight excluding hydrogens is 155 g/mol. The van der Waals surface area contributed by atoms with Crippen molar-refractivity contribution in [2.24, 2.45) is 0 Å². The van der Waals surface area contributed by atoms with Crippen LogP contribution in [-0.4, -0.2) is 19.3 Å². The van der Waals surface area contributed by atoms with Crippen LogP contribution in [-0.2, 0) is 0 Å². The Balaban J connectivity index is 2.77. The van der Waals surface area contributed by atoms with Crippen LogP contribution in [0.3, 0.4) is 0 Å². The van der Waals surface area contributed by atoms with Crippen molar-refractivity contribution in [2.45, 2.75) is 6.92 Å². The van der Waals surface area contributed by atoms with Crippen molar-refractivity contribution >= 4 is 7.69 Å². The Morgan fingerprint density at radius 3 is 2.58 bits per heavy atom. The lowest BCUT2D eigenvalue weighted by atomic mass is 10.3. The molecule has 3 nitrogen and oxygen atoms in total. The van der Waals surface area contributed by atoms with E-state index >= 15 is 0 Å². The van der Waals surface area contributed by atoms with Crippen LogP contribution in [0.4, 0.5) is 0 Å². The molecule has 1 N–H and O–H groups in total. The van der Waals surface area contributed by atoms with Crippen LogP contribution < -0.4 is 9.39 Å². The van der Waals surface area contributed by atoms with Crippen molar-refractivity contribution in [2.75, 3.05) is 6.61 Å². The highest BCUT2D eigenvalue weighted by atomic mass is 16.5. The summed E-state index contributed by atoms with van der Waals surface area (Å²) in [5.41, 5.74) is 0. The summed E-state index contributed by atoms with van der Waals surface area (Å²) in [6, 6.07) is 7.15. The molecule has 4 heteroatoms. The van der Waals surface area contributed by atoms with E-state index in [0.29, 0.717) is 25.8 Å². The summed E-state index contributed by atoms with van der Waals surface area (Å²) >= 11 is 0. The molecule has 0 aliphatic carbocycles. The number of rotatable bonds is 4. The van der Waals surface area contributed by atoms with Gasteiger partial charge in [-0.25, -0.2) is 0 Å². The van der Waals surface area contributed by atoms with Crippen molar-refractivity contribution < 1.29 is 14.4 Å². The van der Waals surface area contributed by atoms with Gasteiger partial charge in [-0.2, -0.15) is 0 Å². The van der Waals surface area contributed by atoms with Gasteiger partial charge in [0.05, 0.1) is 6.61 Å². The maximum absolute atomic E-state index is 8.41. The molecule has 1 aromatic carbocycles. The summed E-state index contributed by atoms with van der Waals surface area (Å²) in [6.45, 7) is 2.46. The van der Waals surface area contributed by atoms with E-state index in [2.05, 4.69) is 0 Å². The van der Waals surface area contributed by atoms with Gasteiger partial charge in [-0.05, 0) is 19.1 Å². The van der Waals surface area contributed by atoms with Crippen molar-refractivity contribution in [3.05, 3.63) is 24.3 Å². The minimum Gasteiger partial charge on any atom is -0.535 e. The molecule has 1 radical (unpaired) electrons. The lowest BCUT2D eigenvalue weighted by Crippen LogP contribution is -2.02. The predicted molar refractivity (Wildman–Crippen MR) is 46.2 cm³/mol. The zero-order valence-electron chi connectivity index (χ0n) is 6.86. The monoisotopic (exact) mass is 165 g/mol. The van der Waals surface area contributed by atoms with E-state index < -0.39 is 0 Å². The first-order valence-electron chi connectivity index (χ1n) is 3.73. The van der Waals surface area contributed by atoms with E-state index in [1.54, 1.807) is 18.2 Å². The Morgan fingerprint density at radius 2 is 2.00 bits per heavy atom. The van der Waals surface area contributed by atoms with E-state index in [9.17, 15) is 0 Å². The SMILES string of the molecule is CCOc1ccccc1O[B]O. The fourth-order valence-electron chi connectivity index (χ4n) is 0.879. The van der Waals surface area contributed by atoms with Crippen LogP contribution in [0.15, 0.2) is 24.3 Å². The lowest BCUT2D eigenvalue weighted by molar-refractivity contribution is 0.324. The molecule has 0 aliphatic heterocycles. The molecule has 1 rings (SSSR count). The molecule has 0 amide bonds. The average Bonchev–Trinajstić information content (AvgIpc) is 2.09.